The number of urea groups is 1. The van der Waals surface area contributed by atoms with Crippen LogP contribution in [0.2, 0.25) is 0 Å². The first-order chi connectivity index (χ1) is 20.7. The van der Waals surface area contributed by atoms with E-state index in [2.05, 4.69) is 10.6 Å². The van der Waals surface area contributed by atoms with E-state index >= 15 is 0 Å². The van der Waals surface area contributed by atoms with Crippen LogP contribution in [0.4, 0.5) is 18.0 Å². The third-order valence-corrected chi connectivity index (χ3v) is 11.5. The van der Waals surface area contributed by atoms with E-state index in [1.807, 2.05) is 26.0 Å². The number of imide groups is 1. The fourth-order valence-electron chi connectivity index (χ4n) is 7.03. The predicted molar refractivity (Wildman–Crippen MR) is 157 cm³/mol. The smallest absolute Gasteiger partial charge is 0.329 e. The van der Waals surface area contributed by atoms with Crippen molar-refractivity contribution in [1.29, 1.82) is 0 Å². The molecule has 4 amide bonds. The second kappa shape index (κ2) is 12.4. The zero-order valence-electron chi connectivity index (χ0n) is 25.1. The number of sulfonamides is 1. The van der Waals surface area contributed by atoms with Crippen molar-refractivity contribution < 1.29 is 36.0 Å². The van der Waals surface area contributed by atoms with E-state index in [0.717, 1.165) is 27.2 Å². The first kappa shape index (κ1) is 32.4. The summed E-state index contributed by atoms with van der Waals surface area (Å²) in [6.07, 6.45) is -1.21. The minimum atomic E-state index is -4.14. The highest BCUT2D eigenvalue weighted by Crippen LogP contribution is 2.38. The monoisotopic (exact) mass is 639 g/mol. The quantitative estimate of drug-likeness (QED) is 0.398. The van der Waals surface area contributed by atoms with E-state index in [1.165, 1.54) is 4.31 Å². The highest BCUT2D eigenvalue weighted by molar-refractivity contribution is 7.89. The number of rotatable bonds is 9. The minimum absolute atomic E-state index is 0.00749. The van der Waals surface area contributed by atoms with Crippen LogP contribution in [-0.4, -0.2) is 78.4 Å². The Labute approximate surface area is 255 Å². The largest absolute Gasteiger partial charge is 0.389 e. The number of amides is 4. The Hall–Kier alpha value is -3.00. The molecule has 14 heteroatoms. The molecule has 1 saturated carbocycles. The predicted octanol–water partition coefficient (Wildman–Crippen LogP) is 3.74. The number of aliphatic imine (C=N–C) groups is 1. The third kappa shape index (κ3) is 7.11. The van der Waals surface area contributed by atoms with Crippen LogP contribution >= 0.6 is 0 Å². The van der Waals surface area contributed by atoms with Gasteiger partial charge in [0.25, 0.3) is 5.91 Å². The highest BCUT2D eigenvalue weighted by atomic mass is 32.2. The molecule has 1 aliphatic carbocycles. The molecule has 3 fully saturated rings. The SMILES string of the molecule is Cc1cc(CN2C(=O)CNC2=O)cc(C)c1CCS(=O)(=O)N1CCC2(CC1)N=C(C1CCC(CCC(F)(F)F)CC1)NC2=O. The molecule has 3 aliphatic heterocycles. The fraction of sp³-hybridized carbons (Fsp3) is 0.667. The summed E-state index contributed by atoms with van der Waals surface area (Å²) in [7, 11) is -3.61. The van der Waals surface area contributed by atoms with Gasteiger partial charge in [0.2, 0.25) is 15.9 Å². The summed E-state index contributed by atoms with van der Waals surface area (Å²) in [6.45, 7) is 4.28. The molecule has 10 nitrogen and oxygen atoms in total. The molecule has 1 spiro atoms. The van der Waals surface area contributed by atoms with Crippen molar-refractivity contribution in [2.24, 2.45) is 16.8 Å². The highest BCUT2D eigenvalue weighted by Gasteiger charge is 2.48. The number of halogens is 3. The molecule has 0 radical (unpaired) electrons. The van der Waals surface area contributed by atoms with Gasteiger partial charge in [0.15, 0.2) is 0 Å². The molecule has 3 heterocycles. The van der Waals surface area contributed by atoms with Crippen molar-refractivity contribution in [1.82, 2.24) is 19.8 Å². The van der Waals surface area contributed by atoms with Crippen LogP contribution in [0.1, 0.15) is 73.6 Å². The molecule has 0 aromatic heterocycles. The van der Waals surface area contributed by atoms with E-state index in [4.69, 9.17) is 4.99 Å². The Morgan fingerprint density at radius 2 is 1.66 bits per heavy atom. The maximum atomic E-state index is 13.3. The number of nitrogens with zero attached hydrogens (tertiary/aromatic N) is 3. The lowest BCUT2D eigenvalue weighted by atomic mass is 9.79. The summed E-state index contributed by atoms with van der Waals surface area (Å²) >= 11 is 0. The number of piperidine rings is 1. The van der Waals surface area contributed by atoms with E-state index in [-0.39, 0.29) is 74.8 Å². The second-order valence-electron chi connectivity index (χ2n) is 12.7. The van der Waals surface area contributed by atoms with Gasteiger partial charge in [0.05, 0.1) is 18.8 Å². The van der Waals surface area contributed by atoms with Crippen molar-refractivity contribution in [3.8, 4) is 0 Å². The molecule has 0 bridgehead atoms. The van der Waals surface area contributed by atoms with E-state index < -0.39 is 34.2 Å². The van der Waals surface area contributed by atoms with Gasteiger partial charge in [-0.1, -0.05) is 12.1 Å². The summed E-state index contributed by atoms with van der Waals surface area (Å²) in [5, 5.41) is 5.42. The molecular weight excluding hydrogens is 599 g/mol. The van der Waals surface area contributed by atoms with Gasteiger partial charge < -0.3 is 10.6 Å². The van der Waals surface area contributed by atoms with Gasteiger partial charge >= 0.3 is 12.2 Å². The number of benzene rings is 1. The summed E-state index contributed by atoms with van der Waals surface area (Å²) < 4.78 is 65.9. The van der Waals surface area contributed by atoms with Crippen molar-refractivity contribution in [3.05, 3.63) is 34.4 Å². The van der Waals surface area contributed by atoms with Gasteiger partial charge in [-0.3, -0.25) is 19.5 Å². The maximum Gasteiger partial charge on any atom is 0.389 e. The first-order valence-corrected chi connectivity index (χ1v) is 16.9. The molecule has 2 N–H and O–H groups in total. The molecule has 5 rings (SSSR count). The number of carbonyl (C=O) groups is 3. The Bertz CT molecular complexity index is 1410. The van der Waals surface area contributed by atoms with E-state index in [0.29, 0.717) is 37.9 Å². The summed E-state index contributed by atoms with van der Waals surface area (Å²) in [5.74, 6) is 0.0429. The Kier molecular flexibility index (Phi) is 9.14. The van der Waals surface area contributed by atoms with Gasteiger partial charge in [-0.25, -0.2) is 17.5 Å². The summed E-state index contributed by atoms with van der Waals surface area (Å²) in [4.78, 5) is 42.8. The zero-order valence-corrected chi connectivity index (χ0v) is 26.0. The number of nitrogens with one attached hydrogen (secondary N) is 2. The number of hydrogen-bond donors (Lipinski definition) is 2. The first-order valence-electron chi connectivity index (χ1n) is 15.3. The topological polar surface area (TPSA) is 128 Å². The minimum Gasteiger partial charge on any atom is -0.329 e. The standard InChI is InChI=1S/C30H40F3N5O5S/c1-19-15-22(18-38-25(39)17-34-28(38)41)16-20(2)24(19)8-14-44(42,43)37-12-10-29(11-13-37)27(40)35-26(36-29)23-5-3-21(4-6-23)7-9-30(31,32)33/h15-16,21,23H,3-14,17-18H2,1-2H3,(H,34,41)(H,35,36,40). The van der Waals surface area contributed by atoms with Gasteiger partial charge in [0.1, 0.15) is 11.4 Å². The van der Waals surface area contributed by atoms with Crippen LogP contribution in [0, 0.1) is 25.7 Å². The van der Waals surface area contributed by atoms with E-state index in [1.54, 1.807) is 0 Å². The Balaban J connectivity index is 1.14. The average molecular weight is 640 g/mol. The number of alkyl halides is 3. The molecule has 1 aromatic rings. The number of hydrogen-bond acceptors (Lipinski definition) is 6. The lowest BCUT2D eigenvalue weighted by molar-refractivity contribution is -0.138. The van der Waals surface area contributed by atoms with Gasteiger partial charge in [-0.05, 0) is 93.4 Å². The van der Waals surface area contributed by atoms with Crippen LogP contribution < -0.4 is 10.6 Å². The molecular formula is C30H40F3N5O5S. The summed E-state index contributed by atoms with van der Waals surface area (Å²) in [6, 6.07) is 3.33. The van der Waals surface area contributed by atoms with Gasteiger partial charge in [0, 0.05) is 25.4 Å². The van der Waals surface area contributed by atoms with Crippen LogP contribution in [-0.2, 0) is 32.6 Å². The number of amidine groups is 1. The van der Waals surface area contributed by atoms with Gasteiger partial charge in [-0.2, -0.15) is 13.2 Å². The average Bonchev–Trinajstić information content (AvgIpc) is 3.44. The Morgan fingerprint density at radius 1 is 1.02 bits per heavy atom. The maximum absolute atomic E-state index is 13.3. The lowest BCUT2D eigenvalue weighted by Gasteiger charge is -2.35. The van der Waals surface area contributed by atoms with Gasteiger partial charge in [-0.15, -0.1) is 0 Å². The second-order valence-corrected chi connectivity index (χ2v) is 14.8. The van der Waals surface area contributed by atoms with Crippen LogP contribution in [0.3, 0.4) is 0 Å². The van der Waals surface area contributed by atoms with Crippen molar-refractivity contribution in [2.45, 2.75) is 89.9 Å². The number of aryl methyl sites for hydroxylation is 2. The summed E-state index contributed by atoms with van der Waals surface area (Å²) in [5.41, 5.74) is 2.48. The molecule has 2 saturated heterocycles. The van der Waals surface area contributed by atoms with E-state index in [9.17, 15) is 36.0 Å². The van der Waals surface area contributed by atoms with Crippen molar-refractivity contribution >= 4 is 33.7 Å². The molecule has 44 heavy (non-hydrogen) atoms. The molecule has 0 unspecified atom stereocenters. The molecule has 242 valence electrons. The fourth-order valence-corrected chi connectivity index (χ4v) is 8.49. The molecule has 1 aromatic carbocycles. The van der Waals surface area contributed by atoms with Crippen molar-refractivity contribution in [2.75, 3.05) is 25.4 Å². The third-order valence-electron chi connectivity index (χ3n) is 9.65. The van der Waals surface area contributed by atoms with Crippen LogP contribution in [0.15, 0.2) is 17.1 Å². The van der Waals surface area contributed by atoms with Crippen LogP contribution in [0.25, 0.3) is 0 Å². The van der Waals surface area contributed by atoms with Crippen molar-refractivity contribution in [3.63, 3.8) is 0 Å². The lowest BCUT2D eigenvalue weighted by Crippen LogP contribution is -2.51. The molecule has 4 aliphatic rings. The Morgan fingerprint density at radius 3 is 2.23 bits per heavy atom. The normalized spacial score (nSPS) is 24.5. The number of carbonyl (C=O) groups excluding carboxylic acids is 3. The van der Waals surface area contributed by atoms with Crippen LogP contribution in [0.5, 0.6) is 0 Å². The zero-order chi connectivity index (χ0) is 31.9. The molecule has 0 atom stereocenters.